The maximum atomic E-state index is 12.2. The summed E-state index contributed by atoms with van der Waals surface area (Å²) in [5.41, 5.74) is 7.16. The summed E-state index contributed by atoms with van der Waals surface area (Å²) in [7, 11) is 0. The molecule has 0 fully saturated rings. The highest BCUT2D eigenvalue weighted by Gasteiger charge is 2.11. The fourth-order valence-corrected chi connectivity index (χ4v) is 1.64. The first-order valence-electron chi connectivity index (χ1n) is 5.69. The number of hydrogen-bond acceptors (Lipinski definition) is 4. The van der Waals surface area contributed by atoms with Crippen molar-refractivity contribution in [2.24, 2.45) is 0 Å². The molecule has 0 bridgehead atoms. The second-order valence-electron chi connectivity index (χ2n) is 3.75. The van der Waals surface area contributed by atoms with Gasteiger partial charge in [0.05, 0.1) is 18.5 Å². The molecule has 0 radical (unpaired) electrons. The van der Waals surface area contributed by atoms with Crippen molar-refractivity contribution in [3.05, 3.63) is 53.9 Å². The number of ketones is 1. The third kappa shape index (κ3) is 2.48. The SMILES string of the molecule is CCOc1ccc(C(=O)c2ccncc2N)cc1. The summed E-state index contributed by atoms with van der Waals surface area (Å²) in [4.78, 5) is 16.0. The van der Waals surface area contributed by atoms with Crippen LogP contribution in [0.3, 0.4) is 0 Å². The van der Waals surface area contributed by atoms with Gasteiger partial charge in [0.2, 0.25) is 0 Å². The molecule has 4 nitrogen and oxygen atoms in total. The predicted octanol–water partition coefficient (Wildman–Crippen LogP) is 2.29. The number of ether oxygens (including phenoxy) is 1. The van der Waals surface area contributed by atoms with Crippen LogP contribution in [0.2, 0.25) is 0 Å². The van der Waals surface area contributed by atoms with Gasteiger partial charge in [0.1, 0.15) is 5.75 Å². The number of pyridine rings is 1. The van der Waals surface area contributed by atoms with Crippen molar-refractivity contribution in [1.29, 1.82) is 0 Å². The van der Waals surface area contributed by atoms with Gasteiger partial charge in [0.15, 0.2) is 5.78 Å². The molecular weight excluding hydrogens is 228 g/mol. The van der Waals surface area contributed by atoms with Gasteiger partial charge in [0.25, 0.3) is 0 Å². The van der Waals surface area contributed by atoms with Crippen LogP contribution >= 0.6 is 0 Å². The monoisotopic (exact) mass is 242 g/mol. The van der Waals surface area contributed by atoms with Crippen LogP contribution in [0.5, 0.6) is 5.75 Å². The van der Waals surface area contributed by atoms with E-state index >= 15 is 0 Å². The van der Waals surface area contributed by atoms with Crippen molar-refractivity contribution in [2.45, 2.75) is 6.92 Å². The lowest BCUT2D eigenvalue weighted by atomic mass is 10.0. The van der Waals surface area contributed by atoms with Gasteiger partial charge in [-0.25, -0.2) is 0 Å². The average molecular weight is 242 g/mol. The number of anilines is 1. The lowest BCUT2D eigenvalue weighted by Gasteiger charge is -2.06. The Morgan fingerprint density at radius 1 is 1.28 bits per heavy atom. The van der Waals surface area contributed by atoms with Gasteiger partial charge in [0, 0.05) is 17.3 Å². The minimum absolute atomic E-state index is 0.113. The Labute approximate surface area is 105 Å². The Kier molecular flexibility index (Phi) is 3.57. The van der Waals surface area contributed by atoms with Gasteiger partial charge in [-0.15, -0.1) is 0 Å². The lowest BCUT2D eigenvalue weighted by molar-refractivity contribution is 0.103. The van der Waals surface area contributed by atoms with Crippen LogP contribution in [-0.2, 0) is 0 Å². The zero-order chi connectivity index (χ0) is 13.0. The zero-order valence-corrected chi connectivity index (χ0v) is 10.1. The van der Waals surface area contributed by atoms with E-state index in [0.717, 1.165) is 5.75 Å². The van der Waals surface area contributed by atoms with E-state index in [2.05, 4.69) is 4.98 Å². The Morgan fingerprint density at radius 3 is 2.61 bits per heavy atom. The summed E-state index contributed by atoms with van der Waals surface area (Å²) in [5.74, 6) is 0.634. The molecule has 1 aromatic carbocycles. The number of nitrogens with zero attached hydrogens (tertiary/aromatic N) is 1. The molecular formula is C14H14N2O2. The molecule has 2 rings (SSSR count). The van der Waals surface area contributed by atoms with E-state index < -0.39 is 0 Å². The second kappa shape index (κ2) is 5.31. The first-order chi connectivity index (χ1) is 8.72. The largest absolute Gasteiger partial charge is 0.494 e. The number of nitrogen functional groups attached to an aromatic ring is 1. The molecule has 1 aromatic heterocycles. The highest BCUT2D eigenvalue weighted by atomic mass is 16.5. The second-order valence-corrected chi connectivity index (χ2v) is 3.75. The normalized spacial score (nSPS) is 10.1. The van der Waals surface area contributed by atoms with Crippen LogP contribution in [0.15, 0.2) is 42.7 Å². The van der Waals surface area contributed by atoms with Crippen LogP contribution in [-0.4, -0.2) is 17.4 Å². The van der Waals surface area contributed by atoms with Crippen LogP contribution in [0, 0.1) is 0 Å². The average Bonchev–Trinajstić information content (AvgIpc) is 2.40. The molecule has 0 amide bonds. The third-order valence-corrected chi connectivity index (χ3v) is 2.52. The number of carbonyl (C=O) groups is 1. The Morgan fingerprint density at radius 2 is 2.00 bits per heavy atom. The van der Waals surface area contributed by atoms with Crippen molar-refractivity contribution >= 4 is 11.5 Å². The number of carbonyl (C=O) groups excluding carboxylic acids is 1. The molecule has 0 unspecified atom stereocenters. The number of nitrogens with two attached hydrogens (primary N) is 1. The maximum absolute atomic E-state index is 12.2. The molecule has 0 saturated carbocycles. The molecule has 0 spiro atoms. The summed E-state index contributed by atoms with van der Waals surface area (Å²) in [5, 5.41) is 0. The van der Waals surface area contributed by atoms with Crippen LogP contribution < -0.4 is 10.5 Å². The molecule has 0 aliphatic rings. The van der Waals surface area contributed by atoms with E-state index in [1.165, 1.54) is 6.20 Å². The number of aromatic nitrogens is 1. The first-order valence-corrected chi connectivity index (χ1v) is 5.69. The van der Waals surface area contributed by atoms with Gasteiger partial charge in [-0.2, -0.15) is 0 Å². The van der Waals surface area contributed by atoms with Crippen molar-refractivity contribution in [3.8, 4) is 5.75 Å². The quantitative estimate of drug-likeness (QED) is 0.835. The fourth-order valence-electron chi connectivity index (χ4n) is 1.64. The summed E-state index contributed by atoms with van der Waals surface area (Å²) < 4.78 is 5.32. The van der Waals surface area contributed by atoms with Crippen molar-refractivity contribution in [1.82, 2.24) is 4.98 Å². The van der Waals surface area contributed by atoms with E-state index in [4.69, 9.17) is 10.5 Å². The third-order valence-electron chi connectivity index (χ3n) is 2.52. The van der Waals surface area contributed by atoms with E-state index in [-0.39, 0.29) is 5.78 Å². The van der Waals surface area contributed by atoms with Crippen LogP contribution in [0.25, 0.3) is 0 Å². The molecule has 2 aromatic rings. The lowest BCUT2D eigenvalue weighted by Crippen LogP contribution is -2.05. The number of rotatable bonds is 4. The summed E-state index contributed by atoms with van der Waals surface area (Å²) in [6.45, 7) is 2.52. The highest BCUT2D eigenvalue weighted by molar-refractivity contribution is 6.11. The molecule has 2 N–H and O–H groups in total. The van der Waals surface area contributed by atoms with Gasteiger partial charge >= 0.3 is 0 Å². The standard InChI is InChI=1S/C14H14N2O2/c1-2-18-11-5-3-10(4-6-11)14(17)12-7-8-16-9-13(12)15/h3-9H,2,15H2,1H3. The van der Waals surface area contributed by atoms with Gasteiger partial charge in [-0.1, -0.05) is 0 Å². The van der Waals surface area contributed by atoms with Crippen LogP contribution in [0.4, 0.5) is 5.69 Å². The van der Waals surface area contributed by atoms with Crippen molar-refractivity contribution < 1.29 is 9.53 Å². The molecule has 92 valence electrons. The smallest absolute Gasteiger partial charge is 0.195 e. The molecule has 18 heavy (non-hydrogen) atoms. The minimum Gasteiger partial charge on any atom is -0.494 e. The summed E-state index contributed by atoms with van der Waals surface area (Å²) in [6, 6.07) is 8.62. The topological polar surface area (TPSA) is 65.2 Å². The van der Waals surface area contributed by atoms with Crippen LogP contribution in [0.1, 0.15) is 22.8 Å². The Balaban J connectivity index is 2.27. The summed E-state index contributed by atoms with van der Waals surface area (Å²) in [6.07, 6.45) is 3.03. The number of hydrogen-bond donors (Lipinski definition) is 1. The zero-order valence-electron chi connectivity index (χ0n) is 10.1. The van der Waals surface area contributed by atoms with Crippen molar-refractivity contribution in [2.75, 3.05) is 12.3 Å². The molecule has 0 aliphatic heterocycles. The van der Waals surface area contributed by atoms with E-state index in [1.54, 1.807) is 36.5 Å². The van der Waals surface area contributed by atoms with Gasteiger partial charge in [-0.3, -0.25) is 9.78 Å². The van der Waals surface area contributed by atoms with E-state index in [9.17, 15) is 4.79 Å². The molecule has 0 atom stereocenters. The Hall–Kier alpha value is -2.36. The van der Waals surface area contributed by atoms with Crippen molar-refractivity contribution in [3.63, 3.8) is 0 Å². The number of benzene rings is 1. The molecule has 0 saturated heterocycles. The minimum atomic E-state index is -0.113. The molecule has 1 heterocycles. The Bertz CT molecular complexity index is 550. The van der Waals surface area contributed by atoms with E-state index in [1.807, 2.05) is 6.92 Å². The van der Waals surface area contributed by atoms with Gasteiger partial charge < -0.3 is 10.5 Å². The fraction of sp³-hybridized carbons (Fsp3) is 0.143. The maximum Gasteiger partial charge on any atom is 0.195 e. The predicted molar refractivity (Wildman–Crippen MR) is 69.7 cm³/mol. The first kappa shape index (κ1) is 12.1. The summed E-state index contributed by atoms with van der Waals surface area (Å²) >= 11 is 0. The molecule has 4 heteroatoms. The highest BCUT2D eigenvalue weighted by Crippen LogP contribution is 2.18. The van der Waals surface area contributed by atoms with E-state index in [0.29, 0.717) is 23.4 Å². The molecule has 0 aliphatic carbocycles. The van der Waals surface area contributed by atoms with Gasteiger partial charge in [-0.05, 0) is 37.3 Å².